The van der Waals surface area contributed by atoms with Crippen LogP contribution < -0.4 is 5.32 Å². The van der Waals surface area contributed by atoms with E-state index in [-0.39, 0.29) is 5.82 Å². The van der Waals surface area contributed by atoms with Gasteiger partial charge < -0.3 is 14.6 Å². The van der Waals surface area contributed by atoms with E-state index in [1.807, 2.05) is 24.4 Å². The molecule has 0 atom stereocenters. The number of carbonyl (C=O) groups is 2. The van der Waals surface area contributed by atoms with Crippen molar-refractivity contribution in [1.29, 1.82) is 0 Å². The van der Waals surface area contributed by atoms with Gasteiger partial charge in [-0.3, -0.25) is 4.79 Å². The highest BCUT2D eigenvalue weighted by Gasteiger charge is 2.15. The molecule has 0 unspecified atom stereocenters. The first-order valence-corrected chi connectivity index (χ1v) is 9.48. The Hall–Kier alpha value is -2.65. The molecule has 3 aromatic rings. The molecule has 0 aliphatic carbocycles. The van der Waals surface area contributed by atoms with E-state index >= 15 is 0 Å². The van der Waals surface area contributed by atoms with Crippen LogP contribution in [0.2, 0.25) is 0 Å². The highest BCUT2D eigenvalue weighted by atomic mass is 32.2. The maximum Gasteiger partial charge on any atom is 0.339 e. The third kappa shape index (κ3) is 4.93. The number of aryl methyl sites for hydroxylation is 1. The largest absolute Gasteiger partial charge is 0.452 e. The normalized spacial score (nSPS) is 10.5. The highest BCUT2D eigenvalue weighted by molar-refractivity contribution is 7.98. The molecule has 26 heavy (non-hydrogen) atoms. The molecule has 0 spiro atoms. The lowest BCUT2D eigenvalue weighted by Gasteiger charge is -2.08. The van der Waals surface area contributed by atoms with E-state index in [0.717, 1.165) is 15.6 Å². The Balaban J connectivity index is 1.57. The molecule has 2 heterocycles. The number of anilines is 1. The fourth-order valence-corrected chi connectivity index (χ4v) is 3.70. The molecule has 1 amide bonds. The zero-order valence-electron chi connectivity index (χ0n) is 13.8. The Labute approximate surface area is 157 Å². The quantitative estimate of drug-likeness (QED) is 0.488. The van der Waals surface area contributed by atoms with Gasteiger partial charge in [-0.15, -0.1) is 23.1 Å². The number of hydrogen-bond acceptors (Lipinski definition) is 8. The van der Waals surface area contributed by atoms with E-state index in [1.165, 1.54) is 24.1 Å². The molecular weight excluding hydrogens is 374 g/mol. The number of nitrogens with zero attached hydrogens (tertiary/aromatic N) is 2. The van der Waals surface area contributed by atoms with E-state index < -0.39 is 18.5 Å². The van der Waals surface area contributed by atoms with Gasteiger partial charge in [0.15, 0.2) is 12.4 Å². The number of nitrogens with one attached hydrogen (secondary N) is 1. The fourth-order valence-electron chi connectivity index (χ4n) is 2.05. The van der Waals surface area contributed by atoms with Gasteiger partial charge in [0.05, 0.1) is 16.3 Å². The molecule has 2 aromatic heterocycles. The number of hydrogen-bond donors (Lipinski definition) is 1. The minimum atomic E-state index is -0.558. The second kappa shape index (κ2) is 8.63. The van der Waals surface area contributed by atoms with Crippen molar-refractivity contribution in [2.45, 2.75) is 17.6 Å². The van der Waals surface area contributed by atoms with Crippen LogP contribution >= 0.6 is 23.1 Å². The third-order valence-electron chi connectivity index (χ3n) is 3.19. The summed E-state index contributed by atoms with van der Waals surface area (Å²) in [7, 11) is 0. The van der Waals surface area contributed by atoms with Crippen LogP contribution in [0.25, 0.3) is 0 Å². The van der Waals surface area contributed by atoms with Crippen LogP contribution in [-0.4, -0.2) is 28.6 Å². The molecule has 134 valence electrons. The smallest absolute Gasteiger partial charge is 0.339 e. The average molecular weight is 389 g/mol. The van der Waals surface area contributed by atoms with Crippen LogP contribution in [-0.2, 0) is 15.3 Å². The molecule has 0 saturated heterocycles. The Kier molecular flexibility index (Phi) is 6.03. The van der Waals surface area contributed by atoms with Gasteiger partial charge in [-0.1, -0.05) is 17.3 Å². The molecule has 3 rings (SSSR count). The highest BCUT2D eigenvalue weighted by Crippen LogP contribution is 2.27. The maximum absolute atomic E-state index is 12.3. The molecule has 0 fully saturated rings. The lowest BCUT2D eigenvalue weighted by atomic mass is 10.2. The van der Waals surface area contributed by atoms with Crippen LogP contribution in [0.1, 0.15) is 21.1 Å². The Morgan fingerprint density at radius 1 is 1.31 bits per heavy atom. The number of aromatic nitrogens is 2. The van der Waals surface area contributed by atoms with E-state index in [9.17, 15) is 9.59 Å². The predicted octanol–water partition coefficient (Wildman–Crippen LogP) is 3.53. The van der Waals surface area contributed by atoms with Gasteiger partial charge in [0.2, 0.25) is 0 Å². The van der Waals surface area contributed by atoms with Crippen molar-refractivity contribution in [2.24, 2.45) is 0 Å². The van der Waals surface area contributed by atoms with Gasteiger partial charge in [0.1, 0.15) is 6.26 Å². The number of ether oxygens (including phenoxy) is 1. The molecule has 0 aliphatic heterocycles. The van der Waals surface area contributed by atoms with Crippen molar-refractivity contribution >= 4 is 40.8 Å². The molecule has 7 nitrogen and oxygen atoms in total. The first-order valence-electron chi connectivity index (χ1n) is 7.62. The Morgan fingerprint density at radius 2 is 2.15 bits per heavy atom. The minimum absolute atomic E-state index is 0.264. The van der Waals surface area contributed by atoms with Crippen LogP contribution in [0.5, 0.6) is 0 Å². The summed E-state index contributed by atoms with van der Waals surface area (Å²) in [5.41, 5.74) is 1.38. The van der Waals surface area contributed by atoms with Gasteiger partial charge in [-0.25, -0.2) is 9.78 Å². The molecule has 0 aliphatic rings. The number of thiazole rings is 1. The number of esters is 1. The predicted molar refractivity (Wildman–Crippen MR) is 98.3 cm³/mol. The summed E-state index contributed by atoms with van der Waals surface area (Å²) in [6.45, 7) is 1.55. The SMILES string of the molecule is Cc1nc(CSc2ccccc2C(=O)OCC(=O)Nc2ccon2)cs1. The summed E-state index contributed by atoms with van der Waals surface area (Å²) in [4.78, 5) is 29.3. The summed E-state index contributed by atoms with van der Waals surface area (Å²) < 4.78 is 9.71. The summed E-state index contributed by atoms with van der Waals surface area (Å²) in [5, 5.41) is 9.02. The molecule has 0 bridgehead atoms. The minimum Gasteiger partial charge on any atom is -0.452 e. The van der Waals surface area contributed by atoms with Gasteiger partial charge >= 0.3 is 5.97 Å². The molecule has 1 N–H and O–H groups in total. The number of rotatable bonds is 7. The van der Waals surface area contributed by atoms with Crippen molar-refractivity contribution in [2.75, 3.05) is 11.9 Å². The maximum atomic E-state index is 12.3. The van der Waals surface area contributed by atoms with Crippen molar-refractivity contribution in [3.63, 3.8) is 0 Å². The Morgan fingerprint density at radius 3 is 2.88 bits per heavy atom. The first-order chi connectivity index (χ1) is 12.6. The van der Waals surface area contributed by atoms with Crippen molar-refractivity contribution in [1.82, 2.24) is 10.1 Å². The molecule has 1 aromatic carbocycles. The van der Waals surface area contributed by atoms with Crippen molar-refractivity contribution < 1.29 is 18.8 Å². The fraction of sp³-hybridized carbons (Fsp3) is 0.176. The summed E-state index contributed by atoms with van der Waals surface area (Å²) in [6, 6.07) is 8.61. The molecule has 0 radical (unpaired) electrons. The van der Waals surface area contributed by atoms with E-state index in [2.05, 4.69) is 20.0 Å². The number of carbonyl (C=O) groups excluding carboxylic acids is 2. The van der Waals surface area contributed by atoms with Gasteiger partial charge in [0.25, 0.3) is 5.91 Å². The summed E-state index contributed by atoms with van der Waals surface area (Å²) in [6.07, 6.45) is 1.33. The number of thioether (sulfide) groups is 1. The van der Waals surface area contributed by atoms with E-state index in [0.29, 0.717) is 11.3 Å². The molecular formula is C17H15N3O4S2. The van der Waals surface area contributed by atoms with E-state index in [4.69, 9.17) is 4.74 Å². The molecule has 0 saturated carbocycles. The topological polar surface area (TPSA) is 94.3 Å². The first kappa shape index (κ1) is 18.2. The van der Waals surface area contributed by atoms with Crippen LogP contribution in [0.4, 0.5) is 5.82 Å². The average Bonchev–Trinajstić information content (AvgIpc) is 3.30. The second-order valence-corrected chi connectivity index (χ2v) is 7.23. The monoisotopic (exact) mass is 389 g/mol. The number of benzene rings is 1. The third-order valence-corrected chi connectivity index (χ3v) is 5.12. The summed E-state index contributed by atoms with van der Waals surface area (Å²) in [5.74, 6) is -0.130. The van der Waals surface area contributed by atoms with Crippen molar-refractivity contribution in [3.05, 3.63) is 58.2 Å². The van der Waals surface area contributed by atoms with Crippen LogP contribution in [0.3, 0.4) is 0 Å². The zero-order valence-corrected chi connectivity index (χ0v) is 15.4. The van der Waals surface area contributed by atoms with Crippen LogP contribution in [0.15, 0.2) is 51.4 Å². The zero-order chi connectivity index (χ0) is 18.4. The van der Waals surface area contributed by atoms with Gasteiger partial charge in [-0.05, 0) is 19.1 Å². The lowest BCUT2D eigenvalue weighted by Crippen LogP contribution is -2.21. The second-order valence-electron chi connectivity index (χ2n) is 5.15. The van der Waals surface area contributed by atoms with Crippen molar-refractivity contribution in [3.8, 4) is 0 Å². The lowest BCUT2D eigenvalue weighted by molar-refractivity contribution is -0.119. The standard InChI is InChI=1S/C17H15N3O4S2/c1-11-18-12(9-25-11)10-26-14-5-3-2-4-13(14)17(22)23-8-16(21)19-15-6-7-24-20-15/h2-7,9H,8,10H2,1H3,(H,19,20,21). The molecule has 9 heteroatoms. The van der Waals surface area contributed by atoms with Gasteiger partial charge in [0, 0.05) is 22.1 Å². The Bertz CT molecular complexity index is 893. The number of amides is 1. The summed E-state index contributed by atoms with van der Waals surface area (Å²) >= 11 is 3.09. The van der Waals surface area contributed by atoms with E-state index in [1.54, 1.807) is 23.5 Å². The van der Waals surface area contributed by atoms with Crippen LogP contribution in [0, 0.1) is 6.92 Å². The van der Waals surface area contributed by atoms with Gasteiger partial charge in [-0.2, -0.15) is 0 Å².